The van der Waals surface area contributed by atoms with Gasteiger partial charge in [0.2, 0.25) is 5.91 Å². The van der Waals surface area contributed by atoms with Crippen LogP contribution in [0.1, 0.15) is 30.9 Å². The highest BCUT2D eigenvalue weighted by atomic mass is 16.1. The third-order valence-electron chi connectivity index (χ3n) is 2.73. The molecule has 3 heteroatoms. The molecule has 1 rings (SSSR count). The largest absolute Gasteiger partial charge is 0.369 e. The molecule has 0 heterocycles. The highest BCUT2D eigenvalue weighted by molar-refractivity contribution is 5.75. The fourth-order valence-electron chi connectivity index (χ4n) is 1.77. The minimum atomic E-state index is -0.256. The number of nitrogens with two attached hydrogens (primary N) is 1. The van der Waals surface area contributed by atoms with Gasteiger partial charge in [-0.2, -0.15) is 0 Å². The Morgan fingerprint density at radius 2 is 1.94 bits per heavy atom. The molecule has 17 heavy (non-hydrogen) atoms. The molecular weight excluding hydrogens is 212 g/mol. The smallest absolute Gasteiger partial charge is 0.231 e. The lowest BCUT2D eigenvalue weighted by Crippen LogP contribution is -2.34. The van der Waals surface area contributed by atoms with Crippen LogP contribution in [0.5, 0.6) is 0 Å². The maximum atomic E-state index is 11.0. The Kier molecular flexibility index (Phi) is 5.70. The highest BCUT2D eigenvalue weighted by Gasteiger charge is 2.08. The fraction of sp³-hybridized carbons (Fsp3) is 0.500. The van der Waals surface area contributed by atoms with E-state index in [0.29, 0.717) is 6.54 Å². The van der Waals surface area contributed by atoms with E-state index in [1.165, 1.54) is 11.1 Å². The van der Waals surface area contributed by atoms with Gasteiger partial charge in [-0.3, -0.25) is 9.69 Å². The predicted octanol–water partition coefficient (Wildman–Crippen LogP) is 2.08. The predicted molar refractivity (Wildman–Crippen MR) is 70.6 cm³/mol. The van der Waals surface area contributed by atoms with Crippen molar-refractivity contribution in [2.45, 2.75) is 33.2 Å². The van der Waals surface area contributed by atoms with Crippen molar-refractivity contribution in [2.75, 3.05) is 13.1 Å². The molecular formula is C14H22N2O. The number of benzene rings is 1. The molecule has 0 saturated carbocycles. The molecule has 1 aromatic rings. The SMILES string of the molecule is CCCCN(CC(N)=O)Cc1ccc(C)cc1. The van der Waals surface area contributed by atoms with Gasteiger partial charge in [-0.1, -0.05) is 43.2 Å². The Bertz CT molecular complexity index is 346. The minimum absolute atomic E-state index is 0.256. The highest BCUT2D eigenvalue weighted by Crippen LogP contribution is 2.07. The lowest BCUT2D eigenvalue weighted by atomic mass is 10.1. The van der Waals surface area contributed by atoms with E-state index in [2.05, 4.69) is 43.0 Å². The van der Waals surface area contributed by atoms with Crippen LogP contribution in [0.2, 0.25) is 0 Å². The number of carbonyl (C=O) groups is 1. The number of carbonyl (C=O) groups excluding carboxylic acids is 1. The zero-order valence-corrected chi connectivity index (χ0v) is 10.8. The third-order valence-corrected chi connectivity index (χ3v) is 2.73. The Morgan fingerprint density at radius 1 is 1.29 bits per heavy atom. The molecule has 0 unspecified atom stereocenters. The second-order valence-corrected chi connectivity index (χ2v) is 4.52. The number of primary amides is 1. The summed E-state index contributed by atoms with van der Waals surface area (Å²) in [5.41, 5.74) is 7.75. The topological polar surface area (TPSA) is 46.3 Å². The van der Waals surface area contributed by atoms with Crippen LogP contribution >= 0.6 is 0 Å². The molecule has 94 valence electrons. The zero-order chi connectivity index (χ0) is 12.7. The van der Waals surface area contributed by atoms with Crippen LogP contribution in [0.15, 0.2) is 24.3 Å². The standard InChI is InChI=1S/C14H22N2O/c1-3-4-9-16(11-14(15)17)10-13-7-5-12(2)6-8-13/h5-8H,3-4,9-11H2,1-2H3,(H2,15,17). The van der Waals surface area contributed by atoms with Crippen molar-refractivity contribution >= 4 is 5.91 Å². The maximum Gasteiger partial charge on any atom is 0.231 e. The summed E-state index contributed by atoms with van der Waals surface area (Å²) in [6, 6.07) is 8.40. The van der Waals surface area contributed by atoms with E-state index in [0.717, 1.165) is 25.9 Å². The molecule has 0 bridgehead atoms. The van der Waals surface area contributed by atoms with E-state index >= 15 is 0 Å². The molecule has 2 N–H and O–H groups in total. The normalized spacial score (nSPS) is 10.8. The van der Waals surface area contributed by atoms with Gasteiger partial charge in [0.25, 0.3) is 0 Å². The van der Waals surface area contributed by atoms with Crippen molar-refractivity contribution in [1.82, 2.24) is 4.90 Å². The van der Waals surface area contributed by atoms with Crippen LogP contribution in [-0.2, 0) is 11.3 Å². The average Bonchev–Trinajstić information content (AvgIpc) is 2.28. The summed E-state index contributed by atoms with van der Waals surface area (Å²) < 4.78 is 0. The van der Waals surface area contributed by atoms with Crippen LogP contribution < -0.4 is 5.73 Å². The second-order valence-electron chi connectivity index (χ2n) is 4.52. The van der Waals surface area contributed by atoms with Gasteiger partial charge in [-0.25, -0.2) is 0 Å². The first-order chi connectivity index (χ1) is 8.11. The number of amides is 1. The molecule has 0 saturated heterocycles. The van der Waals surface area contributed by atoms with E-state index in [4.69, 9.17) is 5.73 Å². The van der Waals surface area contributed by atoms with E-state index in [1.807, 2.05) is 0 Å². The summed E-state index contributed by atoms with van der Waals surface area (Å²) in [6.45, 7) is 6.28. The van der Waals surface area contributed by atoms with Crippen molar-refractivity contribution in [3.05, 3.63) is 35.4 Å². The van der Waals surface area contributed by atoms with Gasteiger partial charge in [-0.15, -0.1) is 0 Å². The lowest BCUT2D eigenvalue weighted by molar-refractivity contribution is -0.119. The second kappa shape index (κ2) is 7.07. The van der Waals surface area contributed by atoms with Gasteiger partial charge >= 0.3 is 0 Å². The molecule has 1 amide bonds. The van der Waals surface area contributed by atoms with Crippen LogP contribution in [0.4, 0.5) is 0 Å². The van der Waals surface area contributed by atoms with Crippen LogP contribution in [0, 0.1) is 6.92 Å². The van der Waals surface area contributed by atoms with E-state index in [-0.39, 0.29) is 5.91 Å². The van der Waals surface area contributed by atoms with Gasteiger partial charge in [0.05, 0.1) is 6.54 Å². The average molecular weight is 234 g/mol. The Hall–Kier alpha value is -1.35. The molecule has 0 aliphatic carbocycles. The quantitative estimate of drug-likeness (QED) is 0.785. The summed E-state index contributed by atoms with van der Waals surface area (Å²) in [6.07, 6.45) is 2.22. The first-order valence-electron chi connectivity index (χ1n) is 6.18. The third kappa shape index (κ3) is 5.50. The number of hydrogen-bond acceptors (Lipinski definition) is 2. The molecule has 0 aliphatic heterocycles. The molecule has 0 spiro atoms. The number of hydrogen-bond donors (Lipinski definition) is 1. The van der Waals surface area contributed by atoms with Crippen LogP contribution in [-0.4, -0.2) is 23.9 Å². The van der Waals surface area contributed by atoms with Crippen molar-refractivity contribution in [3.63, 3.8) is 0 Å². The van der Waals surface area contributed by atoms with E-state index in [9.17, 15) is 4.79 Å². The molecule has 1 aromatic carbocycles. The summed E-state index contributed by atoms with van der Waals surface area (Å²) in [4.78, 5) is 13.1. The van der Waals surface area contributed by atoms with Gasteiger partial charge in [0.1, 0.15) is 0 Å². The molecule has 3 nitrogen and oxygen atoms in total. The molecule has 0 radical (unpaired) electrons. The Balaban J connectivity index is 2.57. The van der Waals surface area contributed by atoms with Crippen molar-refractivity contribution in [1.29, 1.82) is 0 Å². The first kappa shape index (κ1) is 13.7. The summed E-state index contributed by atoms with van der Waals surface area (Å²) in [5, 5.41) is 0. The summed E-state index contributed by atoms with van der Waals surface area (Å²) >= 11 is 0. The van der Waals surface area contributed by atoms with E-state index in [1.54, 1.807) is 0 Å². The summed E-state index contributed by atoms with van der Waals surface area (Å²) in [7, 11) is 0. The van der Waals surface area contributed by atoms with Crippen molar-refractivity contribution < 1.29 is 4.79 Å². The monoisotopic (exact) mass is 234 g/mol. The van der Waals surface area contributed by atoms with Crippen LogP contribution in [0.25, 0.3) is 0 Å². The number of nitrogens with zero attached hydrogens (tertiary/aromatic N) is 1. The number of rotatable bonds is 7. The summed E-state index contributed by atoms with van der Waals surface area (Å²) in [5.74, 6) is -0.256. The Morgan fingerprint density at radius 3 is 2.47 bits per heavy atom. The fourth-order valence-corrected chi connectivity index (χ4v) is 1.77. The Labute approximate surface area is 104 Å². The zero-order valence-electron chi connectivity index (χ0n) is 10.8. The molecule has 0 fully saturated rings. The maximum absolute atomic E-state index is 11.0. The van der Waals surface area contributed by atoms with Gasteiger partial charge in [-0.05, 0) is 25.5 Å². The first-order valence-corrected chi connectivity index (χ1v) is 6.18. The molecule has 0 aliphatic rings. The van der Waals surface area contributed by atoms with Gasteiger partial charge in [0.15, 0.2) is 0 Å². The molecule has 0 aromatic heterocycles. The molecule has 0 atom stereocenters. The number of aryl methyl sites for hydroxylation is 1. The van der Waals surface area contributed by atoms with Crippen molar-refractivity contribution in [2.24, 2.45) is 5.73 Å². The van der Waals surface area contributed by atoms with Gasteiger partial charge < -0.3 is 5.73 Å². The van der Waals surface area contributed by atoms with Crippen molar-refractivity contribution in [3.8, 4) is 0 Å². The van der Waals surface area contributed by atoms with Gasteiger partial charge in [0, 0.05) is 6.54 Å². The number of unbranched alkanes of at least 4 members (excludes halogenated alkanes) is 1. The van der Waals surface area contributed by atoms with E-state index < -0.39 is 0 Å². The lowest BCUT2D eigenvalue weighted by Gasteiger charge is -2.20. The minimum Gasteiger partial charge on any atom is -0.369 e. The van der Waals surface area contributed by atoms with Crippen LogP contribution in [0.3, 0.4) is 0 Å².